The first-order valence-corrected chi connectivity index (χ1v) is 6.99. The normalized spacial score (nSPS) is 16.6. The maximum Gasteiger partial charge on any atom is 0.289 e. The largest absolute Gasteiger partial charge is 0.448 e. The van der Waals surface area contributed by atoms with Crippen LogP contribution in [-0.4, -0.2) is 60.1 Å². The molecule has 1 amide bonds. The van der Waals surface area contributed by atoms with Gasteiger partial charge in [0.25, 0.3) is 5.91 Å². The number of β-amino-alcohol motifs (C(OH)–C–C–N with tert-alkyl or cyclic N) is 1. The second-order valence-electron chi connectivity index (χ2n) is 5.13. The van der Waals surface area contributed by atoms with Crippen molar-refractivity contribution in [2.24, 2.45) is 0 Å². The summed E-state index contributed by atoms with van der Waals surface area (Å²) in [6.45, 7) is 3.35. The average molecular weight is 292 g/mol. The fourth-order valence-corrected chi connectivity index (χ4v) is 2.60. The molecule has 2 aromatic rings. The van der Waals surface area contributed by atoms with Crippen LogP contribution in [0, 0.1) is 5.82 Å². The van der Waals surface area contributed by atoms with E-state index in [0.29, 0.717) is 25.0 Å². The SMILES string of the molecule is O=C(c1cc2cccc(F)c2o1)N1CCN(CCO)CC1. The predicted molar refractivity (Wildman–Crippen MR) is 75.6 cm³/mol. The molecule has 1 aliphatic heterocycles. The fourth-order valence-electron chi connectivity index (χ4n) is 2.60. The van der Waals surface area contributed by atoms with E-state index in [0.717, 1.165) is 13.1 Å². The number of para-hydroxylation sites is 1. The number of fused-ring (bicyclic) bond motifs is 1. The molecule has 1 fully saturated rings. The van der Waals surface area contributed by atoms with Gasteiger partial charge in [-0.2, -0.15) is 0 Å². The molecule has 0 atom stereocenters. The van der Waals surface area contributed by atoms with Gasteiger partial charge in [0.2, 0.25) is 0 Å². The number of aliphatic hydroxyl groups excluding tert-OH is 1. The van der Waals surface area contributed by atoms with Crippen LogP contribution in [-0.2, 0) is 0 Å². The van der Waals surface area contributed by atoms with Gasteiger partial charge < -0.3 is 14.4 Å². The Hall–Kier alpha value is -1.92. The van der Waals surface area contributed by atoms with E-state index in [1.165, 1.54) is 6.07 Å². The highest BCUT2D eigenvalue weighted by atomic mass is 19.1. The van der Waals surface area contributed by atoms with Crippen molar-refractivity contribution in [2.75, 3.05) is 39.3 Å². The Bertz CT molecular complexity index is 647. The molecular formula is C15H17FN2O3. The van der Waals surface area contributed by atoms with Gasteiger partial charge in [-0.3, -0.25) is 9.69 Å². The number of benzene rings is 1. The van der Waals surface area contributed by atoms with Crippen molar-refractivity contribution in [3.63, 3.8) is 0 Å². The molecule has 5 nitrogen and oxygen atoms in total. The van der Waals surface area contributed by atoms with Gasteiger partial charge in [0.15, 0.2) is 17.2 Å². The second kappa shape index (κ2) is 5.83. The van der Waals surface area contributed by atoms with Gasteiger partial charge in [-0.05, 0) is 12.1 Å². The minimum absolute atomic E-state index is 0.122. The lowest BCUT2D eigenvalue weighted by molar-refractivity contribution is 0.0587. The summed E-state index contributed by atoms with van der Waals surface area (Å²) < 4.78 is 19.0. The monoisotopic (exact) mass is 292 g/mol. The summed E-state index contributed by atoms with van der Waals surface area (Å²) in [5, 5.41) is 9.50. The minimum Gasteiger partial charge on any atom is -0.448 e. The van der Waals surface area contributed by atoms with Gasteiger partial charge in [0.05, 0.1) is 6.61 Å². The molecule has 1 N–H and O–H groups in total. The quantitative estimate of drug-likeness (QED) is 0.927. The van der Waals surface area contributed by atoms with Crippen LogP contribution in [0.25, 0.3) is 11.0 Å². The third-order valence-electron chi connectivity index (χ3n) is 3.78. The van der Waals surface area contributed by atoms with Crippen molar-refractivity contribution >= 4 is 16.9 Å². The van der Waals surface area contributed by atoms with E-state index in [2.05, 4.69) is 4.90 Å². The molecule has 0 spiro atoms. The molecule has 1 aliphatic rings. The molecule has 112 valence electrons. The zero-order chi connectivity index (χ0) is 14.8. The van der Waals surface area contributed by atoms with Crippen LogP contribution in [0.2, 0.25) is 0 Å². The van der Waals surface area contributed by atoms with Crippen LogP contribution in [0.4, 0.5) is 4.39 Å². The van der Waals surface area contributed by atoms with Crippen LogP contribution < -0.4 is 0 Å². The molecule has 0 saturated carbocycles. The molecule has 21 heavy (non-hydrogen) atoms. The molecule has 1 saturated heterocycles. The lowest BCUT2D eigenvalue weighted by Gasteiger charge is -2.33. The first kappa shape index (κ1) is 14.0. The topological polar surface area (TPSA) is 56.9 Å². The number of carbonyl (C=O) groups is 1. The van der Waals surface area contributed by atoms with Gasteiger partial charge in [0.1, 0.15) is 0 Å². The van der Waals surface area contributed by atoms with E-state index in [-0.39, 0.29) is 23.9 Å². The molecule has 0 unspecified atom stereocenters. The molecule has 0 bridgehead atoms. The number of piperazine rings is 1. The van der Waals surface area contributed by atoms with E-state index >= 15 is 0 Å². The standard InChI is InChI=1S/C15H17FN2O3/c16-12-3-1-2-11-10-13(21-14(11)12)15(20)18-6-4-17(5-7-18)8-9-19/h1-3,10,19H,4-9H2. The Morgan fingerprint density at radius 2 is 2.05 bits per heavy atom. The van der Waals surface area contributed by atoms with E-state index < -0.39 is 5.82 Å². The molecule has 2 heterocycles. The van der Waals surface area contributed by atoms with Crippen LogP contribution in [0.5, 0.6) is 0 Å². The van der Waals surface area contributed by atoms with E-state index in [4.69, 9.17) is 9.52 Å². The maximum absolute atomic E-state index is 13.6. The first-order chi connectivity index (χ1) is 10.2. The summed E-state index contributed by atoms with van der Waals surface area (Å²) in [4.78, 5) is 16.2. The third kappa shape index (κ3) is 2.77. The van der Waals surface area contributed by atoms with Crippen LogP contribution in [0.1, 0.15) is 10.6 Å². The Morgan fingerprint density at radius 1 is 1.29 bits per heavy atom. The highest BCUT2D eigenvalue weighted by Crippen LogP contribution is 2.23. The maximum atomic E-state index is 13.6. The van der Waals surface area contributed by atoms with Gasteiger partial charge in [-0.1, -0.05) is 12.1 Å². The Morgan fingerprint density at radius 3 is 2.71 bits per heavy atom. The summed E-state index contributed by atoms with van der Waals surface area (Å²) in [5.74, 6) is -0.501. The smallest absolute Gasteiger partial charge is 0.289 e. The summed E-state index contributed by atoms with van der Waals surface area (Å²) in [6.07, 6.45) is 0. The lowest BCUT2D eigenvalue weighted by Crippen LogP contribution is -2.49. The third-order valence-corrected chi connectivity index (χ3v) is 3.78. The van der Waals surface area contributed by atoms with E-state index in [1.54, 1.807) is 23.1 Å². The van der Waals surface area contributed by atoms with Crippen LogP contribution in [0.3, 0.4) is 0 Å². The number of aliphatic hydroxyl groups is 1. The number of halogens is 1. The highest BCUT2D eigenvalue weighted by molar-refractivity contribution is 5.96. The van der Waals surface area contributed by atoms with Crippen molar-refractivity contribution in [3.05, 3.63) is 35.8 Å². The predicted octanol–water partition coefficient (Wildman–Crippen LogP) is 1.32. The molecule has 3 rings (SSSR count). The molecule has 6 heteroatoms. The fraction of sp³-hybridized carbons (Fsp3) is 0.400. The molecule has 0 aliphatic carbocycles. The minimum atomic E-state index is -0.459. The molecule has 1 aromatic heterocycles. The summed E-state index contributed by atoms with van der Waals surface area (Å²) in [6, 6.07) is 6.21. The Labute approximate surface area is 121 Å². The number of hydrogen-bond donors (Lipinski definition) is 1. The van der Waals surface area contributed by atoms with Crippen molar-refractivity contribution < 1.29 is 18.7 Å². The number of carbonyl (C=O) groups excluding carboxylic acids is 1. The van der Waals surface area contributed by atoms with E-state index in [1.807, 2.05) is 0 Å². The molecular weight excluding hydrogens is 275 g/mol. The van der Waals surface area contributed by atoms with Gasteiger partial charge in [-0.15, -0.1) is 0 Å². The van der Waals surface area contributed by atoms with Crippen LogP contribution >= 0.6 is 0 Å². The summed E-state index contributed by atoms with van der Waals surface area (Å²) in [5.41, 5.74) is 0.125. The number of furan rings is 1. The summed E-state index contributed by atoms with van der Waals surface area (Å²) >= 11 is 0. The number of rotatable bonds is 3. The first-order valence-electron chi connectivity index (χ1n) is 6.99. The van der Waals surface area contributed by atoms with Crippen molar-refractivity contribution in [1.82, 2.24) is 9.80 Å². The zero-order valence-electron chi connectivity index (χ0n) is 11.6. The van der Waals surface area contributed by atoms with Crippen molar-refractivity contribution in [1.29, 1.82) is 0 Å². The summed E-state index contributed by atoms with van der Waals surface area (Å²) in [7, 11) is 0. The lowest BCUT2D eigenvalue weighted by atomic mass is 10.2. The van der Waals surface area contributed by atoms with Gasteiger partial charge >= 0.3 is 0 Å². The zero-order valence-corrected chi connectivity index (χ0v) is 11.6. The van der Waals surface area contributed by atoms with E-state index in [9.17, 15) is 9.18 Å². The second-order valence-corrected chi connectivity index (χ2v) is 5.13. The van der Waals surface area contributed by atoms with Gasteiger partial charge in [0, 0.05) is 38.1 Å². The number of hydrogen-bond acceptors (Lipinski definition) is 4. The molecule has 0 radical (unpaired) electrons. The van der Waals surface area contributed by atoms with Crippen molar-refractivity contribution in [2.45, 2.75) is 0 Å². The van der Waals surface area contributed by atoms with Crippen LogP contribution in [0.15, 0.2) is 28.7 Å². The Balaban J connectivity index is 1.74. The Kier molecular flexibility index (Phi) is 3.90. The number of amides is 1. The average Bonchev–Trinajstić information content (AvgIpc) is 2.93. The van der Waals surface area contributed by atoms with Crippen molar-refractivity contribution in [3.8, 4) is 0 Å². The number of nitrogens with zero attached hydrogens (tertiary/aromatic N) is 2. The highest BCUT2D eigenvalue weighted by Gasteiger charge is 2.24. The van der Waals surface area contributed by atoms with Gasteiger partial charge in [-0.25, -0.2) is 4.39 Å². The molecule has 1 aromatic carbocycles.